The second-order valence-electron chi connectivity index (χ2n) is 4.88. The van der Waals surface area contributed by atoms with Crippen molar-refractivity contribution in [2.75, 3.05) is 27.2 Å². The zero-order valence-corrected chi connectivity index (χ0v) is 11.8. The Kier molecular flexibility index (Phi) is 6.81. The summed E-state index contributed by atoms with van der Waals surface area (Å²) in [5.74, 6) is -0.188. The molecule has 114 valence electrons. The highest BCUT2D eigenvalue weighted by atomic mass is 19.4. The number of hydrogen-bond donors (Lipinski definition) is 1. The summed E-state index contributed by atoms with van der Waals surface area (Å²) >= 11 is 0. The van der Waals surface area contributed by atoms with Crippen molar-refractivity contribution in [3.63, 3.8) is 0 Å². The standard InChI is InChI=1S/C14H21F3N2O/c1-19(2)10-4-3-9-18-11-12-5-7-13(8-6-12)20-14(15,16)17/h5-8,18H,3-4,9-11H2,1-2H3. The first-order valence-electron chi connectivity index (χ1n) is 6.57. The van der Waals surface area contributed by atoms with Gasteiger partial charge < -0.3 is 15.0 Å². The van der Waals surface area contributed by atoms with E-state index in [0.717, 1.165) is 31.5 Å². The Morgan fingerprint density at radius 3 is 2.30 bits per heavy atom. The van der Waals surface area contributed by atoms with E-state index in [2.05, 4.69) is 15.0 Å². The summed E-state index contributed by atoms with van der Waals surface area (Å²) in [6.07, 6.45) is -2.43. The smallest absolute Gasteiger partial charge is 0.406 e. The minimum absolute atomic E-state index is 0.188. The molecule has 1 aromatic carbocycles. The van der Waals surface area contributed by atoms with Crippen LogP contribution in [0.1, 0.15) is 18.4 Å². The Bertz CT molecular complexity index is 377. The molecule has 3 nitrogen and oxygen atoms in total. The van der Waals surface area contributed by atoms with Crippen LogP contribution in [0.15, 0.2) is 24.3 Å². The maximum Gasteiger partial charge on any atom is 0.573 e. The first kappa shape index (κ1) is 16.8. The van der Waals surface area contributed by atoms with Gasteiger partial charge in [0.1, 0.15) is 5.75 Å². The van der Waals surface area contributed by atoms with Gasteiger partial charge in [0.05, 0.1) is 0 Å². The molecule has 0 bridgehead atoms. The van der Waals surface area contributed by atoms with Crippen molar-refractivity contribution >= 4 is 0 Å². The van der Waals surface area contributed by atoms with E-state index in [9.17, 15) is 13.2 Å². The van der Waals surface area contributed by atoms with Crippen molar-refractivity contribution in [1.82, 2.24) is 10.2 Å². The Balaban J connectivity index is 2.21. The number of benzene rings is 1. The Hall–Kier alpha value is -1.27. The van der Waals surface area contributed by atoms with Gasteiger partial charge in [-0.25, -0.2) is 0 Å². The summed E-state index contributed by atoms with van der Waals surface area (Å²) in [5.41, 5.74) is 0.937. The molecule has 20 heavy (non-hydrogen) atoms. The van der Waals surface area contributed by atoms with Crippen LogP contribution in [-0.2, 0) is 6.54 Å². The highest BCUT2D eigenvalue weighted by Gasteiger charge is 2.30. The van der Waals surface area contributed by atoms with Crippen LogP contribution in [0.25, 0.3) is 0 Å². The number of unbranched alkanes of at least 4 members (excludes halogenated alkanes) is 1. The fourth-order valence-corrected chi connectivity index (χ4v) is 1.72. The Morgan fingerprint density at radius 2 is 1.75 bits per heavy atom. The molecule has 0 fully saturated rings. The normalized spacial score (nSPS) is 11.9. The van der Waals surface area contributed by atoms with Crippen molar-refractivity contribution in [2.24, 2.45) is 0 Å². The van der Waals surface area contributed by atoms with Crippen LogP contribution in [0.2, 0.25) is 0 Å². The van der Waals surface area contributed by atoms with Gasteiger partial charge in [-0.15, -0.1) is 13.2 Å². The van der Waals surface area contributed by atoms with Crippen LogP contribution >= 0.6 is 0 Å². The summed E-state index contributed by atoms with van der Waals surface area (Å²) in [4.78, 5) is 2.14. The third kappa shape index (κ3) is 8.01. The number of ether oxygens (including phenoxy) is 1. The number of nitrogens with one attached hydrogen (secondary N) is 1. The number of hydrogen-bond acceptors (Lipinski definition) is 3. The van der Waals surface area contributed by atoms with Crippen molar-refractivity contribution < 1.29 is 17.9 Å². The second-order valence-corrected chi connectivity index (χ2v) is 4.88. The summed E-state index contributed by atoms with van der Waals surface area (Å²) in [6, 6.07) is 5.93. The van der Waals surface area contributed by atoms with E-state index in [-0.39, 0.29) is 5.75 Å². The molecule has 0 atom stereocenters. The number of nitrogens with zero attached hydrogens (tertiary/aromatic N) is 1. The highest BCUT2D eigenvalue weighted by Crippen LogP contribution is 2.22. The van der Waals surface area contributed by atoms with Crippen LogP contribution in [0.5, 0.6) is 5.75 Å². The molecule has 0 aliphatic heterocycles. The largest absolute Gasteiger partial charge is 0.573 e. The number of rotatable bonds is 8. The van der Waals surface area contributed by atoms with Crippen molar-refractivity contribution in [3.05, 3.63) is 29.8 Å². The number of halogens is 3. The predicted molar refractivity (Wildman–Crippen MR) is 72.6 cm³/mol. The molecule has 1 N–H and O–H groups in total. The van der Waals surface area contributed by atoms with Crippen LogP contribution < -0.4 is 10.1 Å². The first-order valence-corrected chi connectivity index (χ1v) is 6.57. The van der Waals surface area contributed by atoms with Gasteiger partial charge in [0.2, 0.25) is 0 Å². The molecule has 6 heteroatoms. The molecule has 0 aromatic heterocycles. The molecule has 0 saturated heterocycles. The fraction of sp³-hybridized carbons (Fsp3) is 0.571. The monoisotopic (exact) mass is 290 g/mol. The average molecular weight is 290 g/mol. The third-order valence-electron chi connectivity index (χ3n) is 2.69. The van der Waals surface area contributed by atoms with Gasteiger partial charge in [0, 0.05) is 6.54 Å². The van der Waals surface area contributed by atoms with Gasteiger partial charge in [0.25, 0.3) is 0 Å². The lowest BCUT2D eigenvalue weighted by molar-refractivity contribution is -0.274. The van der Waals surface area contributed by atoms with E-state index in [1.54, 1.807) is 12.1 Å². The lowest BCUT2D eigenvalue weighted by Crippen LogP contribution is -2.18. The van der Waals surface area contributed by atoms with E-state index in [1.165, 1.54) is 12.1 Å². The van der Waals surface area contributed by atoms with E-state index >= 15 is 0 Å². The summed E-state index contributed by atoms with van der Waals surface area (Å²) < 4.78 is 39.8. The van der Waals surface area contributed by atoms with Crippen LogP contribution in [-0.4, -0.2) is 38.4 Å². The van der Waals surface area contributed by atoms with Crippen molar-refractivity contribution in [1.29, 1.82) is 0 Å². The van der Waals surface area contributed by atoms with Gasteiger partial charge in [0.15, 0.2) is 0 Å². The van der Waals surface area contributed by atoms with Gasteiger partial charge in [-0.1, -0.05) is 12.1 Å². The molecule has 0 unspecified atom stereocenters. The Labute approximate surface area is 117 Å². The van der Waals surface area contributed by atoms with E-state index in [0.29, 0.717) is 6.54 Å². The molecule has 1 aromatic rings. The van der Waals surface area contributed by atoms with E-state index in [4.69, 9.17) is 0 Å². The molecule has 0 amide bonds. The van der Waals surface area contributed by atoms with E-state index < -0.39 is 6.36 Å². The van der Waals surface area contributed by atoms with Crippen molar-refractivity contribution in [2.45, 2.75) is 25.7 Å². The lowest BCUT2D eigenvalue weighted by Gasteiger charge is -2.10. The van der Waals surface area contributed by atoms with Crippen LogP contribution in [0, 0.1) is 0 Å². The zero-order chi connectivity index (χ0) is 15.0. The van der Waals surface area contributed by atoms with Gasteiger partial charge in [-0.2, -0.15) is 0 Å². The highest BCUT2D eigenvalue weighted by molar-refractivity contribution is 5.27. The maximum atomic E-state index is 12.0. The summed E-state index contributed by atoms with van der Waals surface area (Å²) in [5, 5.41) is 3.26. The van der Waals surface area contributed by atoms with Gasteiger partial charge in [-0.3, -0.25) is 0 Å². The van der Waals surface area contributed by atoms with Crippen LogP contribution in [0.3, 0.4) is 0 Å². The molecular formula is C14H21F3N2O. The molecule has 0 aliphatic carbocycles. The molecule has 0 radical (unpaired) electrons. The number of alkyl halides is 3. The predicted octanol–water partition coefficient (Wildman–Crippen LogP) is 3.02. The van der Waals surface area contributed by atoms with Crippen molar-refractivity contribution in [3.8, 4) is 5.75 Å². The molecule has 0 spiro atoms. The minimum atomic E-state index is -4.63. The summed E-state index contributed by atoms with van der Waals surface area (Å²) in [6.45, 7) is 2.61. The SMILES string of the molecule is CN(C)CCCCNCc1ccc(OC(F)(F)F)cc1. The van der Waals surface area contributed by atoms with Crippen LogP contribution in [0.4, 0.5) is 13.2 Å². The molecule has 1 rings (SSSR count). The molecular weight excluding hydrogens is 269 g/mol. The maximum absolute atomic E-state index is 12.0. The molecule has 0 aliphatic rings. The first-order chi connectivity index (χ1) is 9.37. The Morgan fingerprint density at radius 1 is 1.10 bits per heavy atom. The quantitative estimate of drug-likeness (QED) is 0.745. The summed E-state index contributed by atoms with van der Waals surface area (Å²) in [7, 11) is 4.08. The zero-order valence-electron chi connectivity index (χ0n) is 11.8. The lowest BCUT2D eigenvalue weighted by atomic mass is 10.2. The third-order valence-corrected chi connectivity index (χ3v) is 2.69. The fourth-order valence-electron chi connectivity index (χ4n) is 1.72. The molecule has 0 saturated carbocycles. The van der Waals surface area contributed by atoms with Gasteiger partial charge in [-0.05, 0) is 57.7 Å². The second kappa shape index (κ2) is 8.11. The topological polar surface area (TPSA) is 24.5 Å². The van der Waals surface area contributed by atoms with E-state index in [1.807, 2.05) is 14.1 Å². The minimum Gasteiger partial charge on any atom is -0.406 e. The molecule has 0 heterocycles. The van der Waals surface area contributed by atoms with Gasteiger partial charge >= 0.3 is 6.36 Å². The average Bonchev–Trinajstić information content (AvgIpc) is 2.33.